The number of hydrogen-bond acceptors (Lipinski definition) is 3. The number of anilines is 3. The first-order valence-corrected chi connectivity index (χ1v) is 18.7. The van der Waals surface area contributed by atoms with E-state index in [0.29, 0.717) is 22.9 Å². The van der Waals surface area contributed by atoms with Gasteiger partial charge < -0.3 is 14.4 Å². The van der Waals surface area contributed by atoms with Gasteiger partial charge in [0.05, 0.1) is 96.1 Å². The number of hydrogen-bond donors (Lipinski definition) is 0. The van der Waals surface area contributed by atoms with Crippen molar-refractivity contribution in [2.45, 2.75) is 0 Å². The minimum atomic E-state index is -0.183. The Morgan fingerprint density at radius 1 is 0.360 bits per heavy atom. The van der Waals surface area contributed by atoms with Crippen LogP contribution in [-0.2, 0) is 0 Å². The summed E-state index contributed by atoms with van der Waals surface area (Å²) in [6.45, 7) is 0. The molecule has 0 aliphatic carbocycles. The summed E-state index contributed by atoms with van der Waals surface area (Å²) in [6.07, 6.45) is 0. The van der Waals surface area contributed by atoms with Crippen molar-refractivity contribution in [2.24, 2.45) is 0 Å². The molecule has 0 unspecified atom stereocenters. The molecule has 0 saturated heterocycles. The predicted molar refractivity (Wildman–Crippen MR) is 218 cm³/mol. The maximum atomic E-state index is 7.20. The SMILES string of the molecule is COc1ccc(N(c2ccc(OC)cc2)c2c(Cl)c(Cl)c([C](c3c(Cl)c(Cl)c(Cl)c(Cl)c3Cl)c3c(Cl)c(Cl)c(Cl)c(Cl)c3Cl)c(Cl)c2Cl)cc1. The first-order valence-electron chi connectivity index (χ1n) is 13.4. The summed E-state index contributed by atoms with van der Waals surface area (Å²) in [4.78, 5) is 1.73. The second kappa shape index (κ2) is 16.5. The number of ether oxygens (including phenoxy) is 2. The zero-order valence-electron chi connectivity index (χ0n) is 24.7. The summed E-state index contributed by atoms with van der Waals surface area (Å²) in [5, 5.41) is -2.11. The molecule has 0 amide bonds. The van der Waals surface area contributed by atoms with Gasteiger partial charge in [0, 0.05) is 28.1 Å². The van der Waals surface area contributed by atoms with Crippen LogP contribution in [0.5, 0.6) is 11.5 Å². The smallest absolute Gasteiger partial charge is 0.119 e. The average molecular weight is 953 g/mol. The van der Waals surface area contributed by atoms with Crippen molar-refractivity contribution in [3.05, 3.63) is 141 Å². The van der Waals surface area contributed by atoms with Crippen LogP contribution in [0.25, 0.3) is 0 Å². The van der Waals surface area contributed by atoms with Gasteiger partial charge in [-0.2, -0.15) is 0 Å². The molecule has 261 valence electrons. The molecular formula is C33H14Cl14NO2. The molecule has 3 nitrogen and oxygen atoms in total. The molecule has 17 heteroatoms. The lowest BCUT2D eigenvalue weighted by atomic mass is 9.84. The van der Waals surface area contributed by atoms with E-state index in [4.69, 9.17) is 172 Å². The molecule has 0 fully saturated rings. The van der Waals surface area contributed by atoms with Crippen molar-refractivity contribution in [1.82, 2.24) is 0 Å². The van der Waals surface area contributed by atoms with Crippen LogP contribution >= 0.6 is 162 Å². The highest BCUT2D eigenvalue weighted by molar-refractivity contribution is 6.58. The number of methoxy groups -OCH3 is 2. The van der Waals surface area contributed by atoms with Crippen molar-refractivity contribution in [1.29, 1.82) is 0 Å². The van der Waals surface area contributed by atoms with Crippen LogP contribution in [0.1, 0.15) is 16.7 Å². The molecule has 0 aliphatic heterocycles. The zero-order valence-corrected chi connectivity index (χ0v) is 35.3. The van der Waals surface area contributed by atoms with Crippen molar-refractivity contribution in [3.8, 4) is 11.5 Å². The van der Waals surface area contributed by atoms with E-state index in [9.17, 15) is 0 Å². The minimum Gasteiger partial charge on any atom is -0.497 e. The fourth-order valence-electron chi connectivity index (χ4n) is 4.93. The molecule has 0 atom stereocenters. The molecule has 1 radical (unpaired) electrons. The fourth-order valence-corrected chi connectivity index (χ4v) is 8.78. The van der Waals surface area contributed by atoms with E-state index in [1.807, 2.05) is 0 Å². The molecule has 0 saturated carbocycles. The Labute approximate surface area is 357 Å². The minimum absolute atomic E-state index is 0.0481. The monoisotopic (exact) mass is 946 g/mol. The quantitative estimate of drug-likeness (QED) is 0.0879. The van der Waals surface area contributed by atoms with Crippen LogP contribution in [0.2, 0.25) is 70.3 Å². The summed E-state index contributed by atoms with van der Waals surface area (Å²) >= 11 is 94.9. The molecule has 0 heterocycles. The number of halogens is 14. The standard InChI is InChI=1S/C33H14Cl14NO2/c1-49-13-7-3-11(4-8-13)48(12-5-9-14(50-2)10-6-12)33-31(46)23(38)18(24(39)32(33)47)15(16-19(34)25(40)29(44)26(41)20(16)35)17-21(36)27(42)30(45)28(43)22(17)37/h3-10H,1-2H3. The molecule has 0 spiro atoms. The van der Waals surface area contributed by atoms with Crippen LogP contribution < -0.4 is 14.4 Å². The van der Waals surface area contributed by atoms with Crippen molar-refractivity contribution in [2.75, 3.05) is 19.1 Å². The summed E-state index contributed by atoms with van der Waals surface area (Å²) in [5.74, 6) is 1.16. The lowest BCUT2D eigenvalue weighted by Crippen LogP contribution is -2.15. The van der Waals surface area contributed by atoms with Crippen molar-refractivity contribution >= 4 is 179 Å². The van der Waals surface area contributed by atoms with Crippen molar-refractivity contribution < 1.29 is 9.47 Å². The van der Waals surface area contributed by atoms with E-state index in [2.05, 4.69) is 0 Å². The first kappa shape index (κ1) is 40.7. The largest absolute Gasteiger partial charge is 0.497 e. The van der Waals surface area contributed by atoms with E-state index in [-0.39, 0.29) is 98.6 Å². The fraction of sp³-hybridized carbons (Fsp3) is 0.0606. The molecule has 50 heavy (non-hydrogen) atoms. The molecule has 0 bridgehead atoms. The van der Waals surface area contributed by atoms with Gasteiger partial charge in [-0.15, -0.1) is 0 Å². The Balaban J connectivity index is 1.92. The average Bonchev–Trinajstić information content (AvgIpc) is 3.12. The zero-order chi connectivity index (χ0) is 36.9. The second-order valence-electron chi connectivity index (χ2n) is 9.98. The van der Waals surface area contributed by atoms with Crippen LogP contribution in [0.15, 0.2) is 48.5 Å². The highest BCUT2D eigenvalue weighted by atomic mass is 35.5. The maximum absolute atomic E-state index is 7.20. The molecule has 0 aliphatic rings. The van der Waals surface area contributed by atoms with Gasteiger partial charge in [-0.05, 0) is 48.5 Å². The van der Waals surface area contributed by atoms with Crippen LogP contribution in [0, 0.1) is 5.92 Å². The normalized spacial score (nSPS) is 11.4. The number of nitrogens with zero attached hydrogens (tertiary/aromatic N) is 1. The number of rotatable bonds is 8. The van der Waals surface area contributed by atoms with Gasteiger partial charge in [-0.1, -0.05) is 162 Å². The van der Waals surface area contributed by atoms with Gasteiger partial charge in [0.25, 0.3) is 0 Å². The highest BCUT2D eigenvalue weighted by Gasteiger charge is 2.39. The Morgan fingerprint density at radius 2 is 0.600 bits per heavy atom. The molecule has 0 aromatic heterocycles. The Hall–Kier alpha value is -0.440. The highest BCUT2D eigenvalue weighted by Crippen LogP contribution is 2.59. The van der Waals surface area contributed by atoms with Gasteiger partial charge in [-0.25, -0.2) is 0 Å². The molecule has 5 aromatic carbocycles. The lowest BCUT2D eigenvalue weighted by Gasteiger charge is -2.31. The second-order valence-corrected chi connectivity index (χ2v) is 15.3. The first-order chi connectivity index (χ1) is 23.6. The van der Waals surface area contributed by atoms with Gasteiger partial charge in [0.2, 0.25) is 0 Å². The summed E-state index contributed by atoms with van der Waals surface area (Å²) < 4.78 is 10.7. The van der Waals surface area contributed by atoms with Gasteiger partial charge in [-0.3, -0.25) is 0 Å². The third-order valence-electron chi connectivity index (χ3n) is 7.29. The van der Waals surface area contributed by atoms with Gasteiger partial charge >= 0.3 is 0 Å². The molecule has 5 rings (SSSR count). The van der Waals surface area contributed by atoms with E-state index < -0.39 is 0 Å². The van der Waals surface area contributed by atoms with E-state index >= 15 is 0 Å². The Bertz CT molecular complexity index is 1940. The molecular weight excluding hydrogens is 939 g/mol. The van der Waals surface area contributed by atoms with Gasteiger partial charge in [0.1, 0.15) is 11.5 Å². The number of benzene rings is 5. The third kappa shape index (κ3) is 7.21. The summed E-state index contributed by atoms with van der Waals surface area (Å²) in [7, 11) is 3.10. The summed E-state index contributed by atoms with van der Waals surface area (Å²) in [5.41, 5.74) is 1.24. The van der Waals surface area contributed by atoms with Crippen molar-refractivity contribution in [3.63, 3.8) is 0 Å². The summed E-state index contributed by atoms with van der Waals surface area (Å²) in [6, 6.07) is 14.2. The van der Waals surface area contributed by atoms with E-state index in [1.54, 1.807) is 67.7 Å². The molecule has 0 N–H and O–H groups in total. The Kier molecular flexibility index (Phi) is 13.5. The van der Waals surface area contributed by atoms with Gasteiger partial charge in [0.15, 0.2) is 0 Å². The van der Waals surface area contributed by atoms with Crippen LogP contribution in [0.4, 0.5) is 17.1 Å². The van der Waals surface area contributed by atoms with Crippen LogP contribution in [-0.4, -0.2) is 14.2 Å². The van der Waals surface area contributed by atoms with E-state index in [0.717, 1.165) is 0 Å². The third-order valence-corrected chi connectivity index (χ3v) is 13.5. The predicted octanol–water partition coefficient (Wildman–Crippen LogP) is 17.3. The molecule has 5 aromatic rings. The Morgan fingerprint density at radius 3 is 0.860 bits per heavy atom. The topological polar surface area (TPSA) is 21.7 Å². The lowest BCUT2D eigenvalue weighted by molar-refractivity contribution is 0.415. The van der Waals surface area contributed by atoms with E-state index in [1.165, 1.54) is 0 Å². The maximum Gasteiger partial charge on any atom is 0.119 e. The van der Waals surface area contributed by atoms with Crippen LogP contribution in [0.3, 0.4) is 0 Å².